The second kappa shape index (κ2) is 7.39. The van der Waals surface area contributed by atoms with Crippen molar-refractivity contribution in [3.63, 3.8) is 0 Å². The largest absolute Gasteiger partial charge is 0.494 e. The van der Waals surface area contributed by atoms with Crippen molar-refractivity contribution in [1.29, 1.82) is 0 Å². The number of hydrogen-bond donors (Lipinski definition) is 2. The summed E-state index contributed by atoms with van der Waals surface area (Å²) < 4.78 is 2.97. The third-order valence-corrected chi connectivity index (χ3v) is 3.33. The predicted octanol–water partition coefficient (Wildman–Crippen LogP) is 0.524. The number of hydrogen-bond acceptors (Lipinski definition) is 5. The zero-order chi connectivity index (χ0) is 16.8. The molecule has 0 aromatic carbocycles. The zero-order valence-corrected chi connectivity index (χ0v) is 12.9. The number of aliphatic imine (C=N–C) groups is 1. The van der Waals surface area contributed by atoms with Crippen LogP contribution in [-0.4, -0.2) is 36.5 Å². The number of rotatable bonds is 7. The molecular formula is C15H19N5O3. The van der Waals surface area contributed by atoms with Gasteiger partial charge in [-0.3, -0.25) is 19.3 Å². The fourth-order valence-corrected chi connectivity index (χ4v) is 2.18. The Hall–Kier alpha value is -2.90. The molecule has 2 aromatic rings. The van der Waals surface area contributed by atoms with Crippen LogP contribution in [0.2, 0.25) is 0 Å². The molecule has 2 N–H and O–H groups in total. The van der Waals surface area contributed by atoms with Crippen molar-refractivity contribution in [1.82, 2.24) is 19.1 Å². The highest BCUT2D eigenvalue weighted by atomic mass is 16.3. The smallest absolute Gasteiger partial charge is 0.331 e. The third-order valence-electron chi connectivity index (χ3n) is 3.33. The van der Waals surface area contributed by atoms with Gasteiger partial charge in [0.15, 0.2) is 0 Å². The Morgan fingerprint density at radius 1 is 1.52 bits per heavy atom. The van der Waals surface area contributed by atoms with Gasteiger partial charge < -0.3 is 9.67 Å². The molecule has 122 valence electrons. The number of nitrogens with zero attached hydrogens (tertiary/aromatic N) is 4. The fourth-order valence-electron chi connectivity index (χ4n) is 2.18. The van der Waals surface area contributed by atoms with Crippen LogP contribution in [0.15, 0.2) is 46.0 Å². The summed E-state index contributed by atoms with van der Waals surface area (Å²) in [5, 5.41) is 10.2. The van der Waals surface area contributed by atoms with Gasteiger partial charge in [-0.25, -0.2) is 9.78 Å². The van der Waals surface area contributed by atoms with Crippen LogP contribution in [0, 0.1) is 0 Å². The summed E-state index contributed by atoms with van der Waals surface area (Å²) in [6, 6.07) is 0. The minimum atomic E-state index is -0.677. The van der Waals surface area contributed by atoms with Gasteiger partial charge >= 0.3 is 5.69 Å². The average Bonchev–Trinajstić information content (AvgIpc) is 3.01. The molecule has 0 saturated heterocycles. The Morgan fingerprint density at radius 2 is 2.30 bits per heavy atom. The number of aromatic amines is 1. The fraction of sp³-hybridized carbons (Fsp3) is 0.333. The Morgan fingerprint density at radius 3 is 2.96 bits per heavy atom. The molecular weight excluding hydrogens is 298 g/mol. The number of allylic oxidation sites excluding steroid dienone is 1. The van der Waals surface area contributed by atoms with Crippen LogP contribution in [0.3, 0.4) is 0 Å². The van der Waals surface area contributed by atoms with Gasteiger partial charge in [-0.15, -0.1) is 6.58 Å². The van der Waals surface area contributed by atoms with Crippen molar-refractivity contribution in [3.8, 4) is 5.88 Å². The molecule has 23 heavy (non-hydrogen) atoms. The van der Waals surface area contributed by atoms with Crippen molar-refractivity contribution in [3.05, 3.63) is 57.8 Å². The maximum atomic E-state index is 11.9. The Labute approximate surface area is 132 Å². The van der Waals surface area contributed by atoms with Crippen LogP contribution in [0.4, 0.5) is 0 Å². The van der Waals surface area contributed by atoms with E-state index in [4.69, 9.17) is 0 Å². The topological polar surface area (TPSA) is 105 Å². The molecule has 0 atom stereocenters. The lowest BCUT2D eigenvalue weighted by atomic mass is 10.2. The number of aromatic hydroxyl groups is 1. The van der Waals surface area contributed by atoms with Gasteiger partial charge in [0.05, 0.1) is 6.33 Å². The average molecular weight is 317 g/mol. The van der Waals surface area contributed by atoms with E-state index in [1.165, 1.54) is 6.08 Å². The molecule has 0 fully saturated rings. The number of imidazole rings is 1. The predicted molar refractivity (Wildman–Crippen MR) is 87.1 cm³/mol. The van der Waals surface area contributed by atoms with E-state index >= 15 is 0 Å². The molecule has 0 amide bonds. The number of nitrogens with one attached hydrogen (secondary N) is 1. The van der Waals surface area contributed by atoms with Crippen LogP contribution in [0.25, 0.3) is 0 Å². The number of H-pyrrole nitrogens is 1. The highest BCUT2D eigenvalue weighted by Gasteiger charge is 2.15. The van der Waals surface area contributed by atoms with Gasteiger partial charge in [-0.05, 0) is 13.3 Å². The molecule has 0 aliphatic carbocycles. The van der Waals surface area contributed by atoms with Gasteiger partial charge in [0.1, 0.15) is 5.56 Å². The molecule has 0 aliphatic rings. The molecule has 2 rings (SSSR count). The summed E-state index contributed by atoms with van der Waals surface area (Å²) in [7, 11) is 0. The summed E-state index contributed by atoms with van der Waals surface area (Å²) in [6.45, 7) is 6.50. The first-order valence-corrected chi connectivity index (χ1v) is 7.18. The summed E-state index contributed by atoms with van der Waals surface area (Å²) in [5.41, 5.74) is -0.936. The minimum Gasteiger partial charge on any atom is -0.494 e. The van der Waals surface area contributed by atoms with E-state index in [0.717, 1.165) is 17.5 Å². The molecule has 0 spiro atoms. The summed E-state index contributed by atoms with van der Waals surface area (Å²) in [6.07, 6.45) is 7.50. The second-order valence-electron chi connectivity index (χ2n) is 4.98. The van der Waals surface area contributed by atoms with Crippen LogP contribution >= 0.6 is 0 Å². The zero-order valence-electron chi connectivity index (χ0n) is 12.9. The Balaban J connectivity index is 2.17. The lowest BCUT2D eigenvalue weighted by Crippen LogP contribution is -2.33. The van der Waals surface area contributed by atoms with E-state index in [1.807, 2.05) is 10.8 Å². The van der Waals surface area contributed by atoms with Gasteiger partial charge in [0, 0.05) is 37.7 Å². The van der Waals surface area contributed by atoms with Crippen LogP contribution in [0.5, 0.6) is 5.88 Å². The highest BCUT2D eigenvalue weighted by Crippen LogP contribution is 2.11. The van der Waals surface area contributed by atoms with Crippen molar-refractivity contribution < 1.29 is 5.11 Å². The van der Waals surface area contributed by atoms with Crippen molar-refractivity contribution >= 4 is 5.71 Å². The molecule has 2 heterocycles. The van der Waals surface area contributed by atoms with Crippen molar-refractivity contribution in [2.75, 3.05) is 6.54 Å². The molecule has 0 unspecified atom stereocenters. The third kappa shape index (κ3) is 3.85. The molecule has 8 heteroatoms. The maximum absolute atomic E-state index is 11.9. The van der Waals surface area contributed by atoms with Crippen LogP contribution in [-0.2, 0) is 13.1 Å². The van der Waals surface area contributed by atoms with E-state index in [0.29, 0.717) is 12.3 Å². The first-order chi connectivity index (χ1) is 11.0. The summed E-state index contributed by atoms with van der Waals surface area (Å²) in [4.78, 5) is 34.0. The molecule has 2 aromatic heterocycles. The lowest BCUT2D eigenvalue weighted by molar-refractivity contribution is 0.409. The first kappa shape index (κ1) is 16.5. The SMILES string of the molecule is C=CCn1c(O)c(C(C)=NCCCn2ccnc2)c(=O)[nH]c1=O. The van der Waals surface area contributed by atoms with E-state index in [9.17, 15) is 14.7 Å². The van der Waals surface area contributed by atoms with E-state index in [-0.39, 0.29) is 12.1 Å². The van der Waals surface area contributed by atoms with Crippen LogP contribution < -0.4 is 11.2 Å². The van der Waals surface area contributed by atoms with E-state index in [1.54, 1.807) is 19.4 Å². The first-order valence-electron chi connectivity index (χ1n) is 7.18. The van der Waals surface area contributed by atoms with Gasteiger partial charge in [0.2, 0.25) is 5.88 Å². The van der Waals surface area contributed by atoms with Gasteiger partial charge in [-0.1, -0.05) is 6.08 Å². The van der Waals surface area contributed by atoms with Gasteiger partial charge in [0.25, 0.3) is 5.56 Å². The van der Waals surface area contributed by atoms with E-state index < -0.39 is 17.1 Å². The molecule has 8 nitrogen and oxygen atoms in total. The standard InChI is InChI=1S/C15H19N5O3/c1-3-7-20-14(22)12(13(21)18-15(20)23)11(2)17-5-4-8-19-9-6-16-10-19/h3,6,9-10,22H,1,4-5,7-8H2,2H3,(H,18,21,23). The van der Waals surface area contributed by atoms with Crippen LogP contribution in [0.1, 0.15) is 18.9 Å². The summed E-state index contributed by atoms with van der Waals surface area (Å²) in [5.74, 6) is -0.394. The molecule has 0 radical (unpaired) electrons. The molecule has 0 bridgehead atoms. The Bertz CT molecular complexity index is 815. The normalized spacial score (nSPS) is 11.6. The monoisotopic (exact) mass is 317 g/mol. The molecule has 0 aliphatic heterocycles. The Kier molecular flexibility index (Phi) is 5.29. The lowest BCUT2D eigenvalue weighted by Gasteiger charge is -2.09. The quantitative estimate of drug-likeness (QED) is 0.441. The summed E-state index contributed by atoms with van der Waals surface area (Å²) >= 11 is 0. The number of aromatic nitrogens is 4. The van der Waals surface area contributed by atoms with Crippen molar-refractivity contribution in [2.45, 2.75) is 26.4 Å². The van der Waals surface area contributed by atoms with Gasteiger partial charge in [-0.2, -0.15) is 0 Å². The highest BCUT2D eigenvalue weighted by molar-refractivity contribution is 6.00. The minimum absolute atomic E-state index is 0.00841. The van der Waals surface area contributed by atoms with Crippen molar-refractivity contribution in [2.24, 2.45) is 4.99 Å². The second-order valence-corrected chi connectivity index (χ2v) is 4.98. The molecule has 0 saturated carbocycles. The number of aryl methyl sites for hydroxylation is 1. The van der Waals surface area contributed by atoms with E-state index in [2.05, 4.69) is 21.5 Å². The maximum Gasteiger partial charge on any atom is 0.331 e.